The van der Waals surface area contributed by atoms with Crippen LogP contribution in [0.5, 0.6) is 5.75 Å². The molecule has 0 unspecified atom stereocenters. The topological polar surface area (TPSA) is 49.9 Å². The van der Waals surface area contributed by atoms with Gasteiger partial charge >= 0.3 is 0 Å². The van der Waals surface area contributed by atoms with Crippen LogP contribution >= 0.6 is 0 Å². The fourth-order valence-electron chi connectivity index (χ4n) is 3.70. The van der Waals surface area contributed by atoms with E-state index in [1.807, 2.05) is 4.90 Å². The first-order valence-corrected chi connectivity index (χ1v) is 8.99. The number of rotatable bonds is 4. The van der Waals surface area contributed by atoms with E-state index in [0.717, 1.165) is 29.9 Å². The average Bonchev–Trinajstić information content (AvgIpc) is 3.30. The van der Waals surface area contributed by atoms with Crippen LogP contribution < -0.4 is 9.64 Å². The van der Waals surface area contributed by atoms with Crippen LogP contribution in [-0.2, 0) is 9.59 Å². The first kappa shape index (κ1) is 18.2. The van der Waals surface area contributed by atoms with Gasteiger partial charge in [-0.1, -0.05) is 18.2 Å². The number of methoxy groups -OCH3 is 1. The van der Waals surface area contributed by atoms with Crippen molar-refractivity contribution in [3.8, 4) is 5.75 Å². The van der Waals surface area contributed by atoms with Gasteiger partial charge in [0.15, 0.2) is 11.6 Å². The zero-order valence-corrected chi connectivity index (χ0v) is 15.2. The highest BCUT2D eigenvalue weighted by Gasteiger charge is 2.43. The molecule has 0 atom stereocenters. The third-order valence-corrected chi connectivity index (χ3v) is 5.02. The summed E-state index contributed by atoms with van der Waals surface area (Å²) in [5.41, 5.74) is 0.983. The van der Waals surface area contributed by atoms with Crippen molar-refractivity contribution in [3.05, 3.63) is 65.4 Å². The molecule has 7 heteroatoms. The smallest absolute Gasteiger partial charge is 0.282 e. The Morgan fingerprint density at radius 3 is 2.32 bits per heavy atom. The van der Waals surface area contributed by atoms with Gasteiger partial charge in [0.25, 0.3) is 11.8 Å². The predicted molar refractivity (Wildman–Crippen MR) is 99.6 cm³/mol. The van der Waals surface area contributed by atoms with E-state index >= 15 is 0 Å². The van der Waals surface area contributed by atoms with Crippen molar-refractivity contribution in [2.24, 2.45) is 0 Å². The van der Waals surface area contributed by atoms with E-state index in [0.29, 0.717) is 24.4 Å². The molecule has 2 aliphatic heterocycles. The molecule has 0 saturated carbocycles. The second kappa shape index (κ2) is 7.07. The number of likely N-dealkylation sites (tertiary alicyclic amines) is 1. The summed E-state index contributed by atoms with van der Waals surface area (Å²) >= 11 is 0. The van der Waals surface area contributed by atoms with Crippen molar-refractivity contribution in [3.63, 3.8) is 0 Å². The number of carbonyl (C=O) groups is 2. The molecule has 28 heavy (non-hydrogen) atoms. The van der Waals surface area contributed by atoms with Crippen LogP contribution in [0.3, 0.4) is 0 Å². The minimum Gasteiger partial charge on any atom is -0.496 e. The Balaban J connectivity index is 1.87. The van der Waals surface area contributed by atoms with Crippen LogP contribution in [-0.4, -0.2) is 36.9 Å². The quantitative estimate of drug-likeness (QED) is 0.759. The number of amides is 2. The maximum Gasteiger partial charge on any atom is 0.282 e. The monoisotopic (exact) mass is 384 g/mol. The maximum atomic E-state index is 13.8. The number of anilines is 1. The Morgan fingerprint density at radius 2 is 1.64 bits per heavy atom. The molecule has 144 valence electrons. The highest BCUT2D eigenvalue weighted by Crippen LogP contribution is 2.39. The molecule has 2 heterocycles. The minimum absolute atomic E-state index is 0.00417. The minimum atomic E-state index is -1.12. The molecule has 2 aromatic rings. The molecule has 0 aliphatic carbocycles. The molecule has 0 radical (unpaired) electrons. The third kappa shape index (κ3) is 2.83. The van der Waals surface area contributed by atoms with Crippen molar-refractivity contribution in [1.29, 1.82) is 0 Å². The van der Waals surface area contributed by atoms with E-state index in [1.165, 1.54) is 13.2 Å². The molecule has 1 saturated heterocycles. The molecule has 0 N–H and O–H groups in total. The molecule has 2 aromatic carbocycles. The van der Waals surface area contributed by atoms with Crippen LogP contribution in [0.2, 0.25) is 0 Å². The van der Waals surface area contributed by atoms with Gasteiger partial charge in [-0.05, 0) is 31.0 Å². The van der Waals surface area contributed by atoms with Gasteiger partial charge in [0.2, 0.25) is 0 Å². The summed E-state index contributed by atoms with van der Waals surface area (Å²) in [6.07, 6.45) is 1.82. The molecule has 5 nitrogen and oxygen atoms in total. The van der Waals surface area contributed by atoms with Gasteiger partial charge in [-0.3, -0.25) is 9.59 Å². The highest BCUT2D eigenvalue weighted by atomic mass is 19.2. The molecule has 2 aliphatic rings. The molecule has 2 amide bonds. The van der Waals surface area contributed by atoms with Crippen LogP contribution in [0.25, 0.3) is 5.57 Å². The number of halogens is 2. The van der Waals surface area contributed by atoms with Crippen molar-refractivity contribution < 1.29 is 23.1 Å². The Hall–Kier alpha value is -3.22. The van der Waals surface area contributed by atoms with E-state index in [-0.39, 0.29) is 17.0 Å². The summed E-state index contributed by atoms with van der Waals surface area (Å²) in [7, 11) is 1.49. The van der Waals surface area contributed by atoms with Gasteiger partial charge in [0, 0.05) is 24.7 Å². The second-order valence-corrected chi connectivity index (χ2v) is 6.66. The van der Waals surface area contributed by atoms with Crippen molar-refractivity contribution in [2.45, 2.75) is 12.8 Å². The number of nitrogens with zero attached hydrogens (tertiary/aromatic N) is 2. The van der Waals surface area contributed by atoms with E-state index < -0.39 is 23.4 Å². The van der Waals surface area contributed by atoms with Gasteiger partial charge in [0.1, 0.15) is 11.4 Å². The lowest BCUT2D eigenvalue weighted by atomic mass is 10.0. The molecule has 0 aromatic heterocycles. The number of carbonyl (C=O) groups excluding carboxylic acids is 2. The molecular weight excluding hydrogens is 366 g/mol. The Labute approximate surface area is 160 Å². The molecule has 0 spiro atoms. The fourth-order valence-corrected chi connectivity index (χ4v) is 3.70. The SMILES string of the molecule is COc1ccccc1C1=C(N2CCCC2)C(=O)N(c2ccc(F)c(F)c2)C1=O. The van der Waals surface area contributed by atoms with E-state index in [1.54, 1.807) is 24.3 Å². The van der Waals surface area contributed by atoms with Crippen LogP contribution in [0.4, 0.5) is 14.5 Å². The zero-order valence-electron chi connectivity index (χ0n) is 15.2. The molecule has 4 rings (SSSR count). The number of imide groups is 1. The normalized spacial score (nSPS) is 17.1. The van der Waals surface area contributed by atoms with E-state index in [4.69, 9.17) is 4.74 Å². The number of ether oxygens (including phenoxy) is 1. The van der Waals surface area contributed by atoms with Gasteiger partial charge in [-0.2, -0.15) is 0 Å². The maximum absolute atomic E-state index is 13.8. The summed E-state index contributed by atoms with van der Waals surface area (Å²) in [5, 5.41) is 0. The lowest BCUT2D eigenvalue weighted by Crippen LogP contribution is -2.34. The number of hydrogen-bond acceptors (Lipinski definition) is 4. The molecule has 0 bridgehead atoms. The molecular formula is C21H18F2N2O3. The highest BCUT2D eigenvalue weighted by molar-refractivity contribution is 6.45. The van der Waals surface area contributed by atoms with Crippen molar-refractivity contribution in [1.82, 2.24) is 4.90 Å². The van der Waals surface area contributed by atoms with Gasteiger partial charge in [0.05, 0.1) is 18.4 Å². The average molecular weight is 384 g/mol. The first-order valence-electron chi connectivity index (χ1n) is 8.99. The summed E-state index contributed by atoms with van der Waals surface area (Å²) in [6, 6.07) is 9.93. The van der Waals surface area contributed by atoms with Gasteiger partial charge < -0.3 is 9.64 Å². The lowest BCUT2D eigenvalue weighted by Gasteiger charge is -2.20. The molecule has 1 fully saturated rings. The lowest BCUT2D eigenvalue weighted by molar-refractivity contribution is -0.120. The zero-order chi connectivity index (χ0) is 19.8. The third-order valence-electron chi connectivity index (χ3n) is 5.02. The Kier molecular flexibility index (Phi) is 4.58. The van der Waals surface area contributed by atoms with Crippen LogP contribution in [0, 0.1) is 11.6 Å². The Morgan fingerprint density at radius 1 is 0.929 bits per heavy atom. The summed E-state index contributed by atoms with van der Waals surface area (Å²) in [5.74, 6) is -2.82. The van der Waals surface area contributed by atoms with Crippen LogP contribution in [0.15, 0.2) is 48.2 Å². The standard InChI is InChI=1S/C21H18F2N2O3/c1-28-17-7-3-2-6-14(17)18-19(24-10-4-5-11-24)21(27)25(20(18)26)13-8-9-15(22)16(23)12-13/h2-3,6-9,12H,4-5,10-11H2,1H3. The Bertz CT molecular complexity index is 997. The van der Waals surface area contributed by atoms with Crippen molar-refractivity contribution in [2.75, 3.05) is 25.1 Å². The largest absolute Gasteiger partial charge is 0.496 e. The number of benzene rings is 2. The summed E-state index contributed by atoms with van der Waals surface area (Å²) in [4.78, 5) is 29.3. The van der Waals surface area contributed by atoms with Crippen molar-refractivity contribution >= 4 is 23.1 Å². The first-order chi connectivity index (χ1) is 13.5. The predicted octanol–water partition coefficient (Wildman–Crippen LogP) is 3.35. The van der Waals surface area contributed by atoms with E-state index in [2.05, 4.69) is 0 Å². The second-order valence-electron chi connectivity index (χ2n) is 6.66. The summed E-state index contributed by atoms with van der Waals surface area (Å²) in [6.45, 7) is 1.30. The summed E-state index contributed by atoms with van der Waals surface area (Å²) < 4.78 is 32.5. The number of para-hydroxylation sites is 1. The van der Waals surface area contributed by atoms with E-state index in [9.17, 15) is 18.4 Å². The fraction of sp³-hybridized carbons (Fsp3) is 0.238. The van der Waals surface area contributed by atoms with Gasteiger partial charge in [-0.15, -0.1) is 0 Å². The van der Waals surface area contributed by atoms with Crippen LogP contribution in [0.1, 0.15) is 18.4 Å². The number of hydrogen-bond donors (Lipinski definition) is 0. The van der Waals surface area contributed by atoms with Gasteiger partial charge in [-0.25, -0.2) is 13.7 Å².